The van der Waals surface area contributed by atoms with Gasteiger partial charge in [0.05, 0.1) is 13.6 Å². The molecule has 2 heteroatoms. The minimum absolute atomic E-state index is 1.10. The van der Waals surface area contributed by atoms with Crippen molar-refractivity contribution < 1.29 is 4.57 Å². The van der Waals surface area contributed by atoms with Gasteiger partial charge in [0.25, 0.3) is 5.82 Å². The van der Waals surface area contributed by atoms with E-state index < -0.39 is 0 Å². The number of hydrogen-bond donors (Lipinski definition) is 0. The van der Waals surface area contributed by atoms with Crippen LogP contribution >= 0.6 is 0 Å². The Kier molecular flexibility index (Phi) is 3.73. The van der Waals surface area contributed by atoms with Crippen LogP contribution in [-0.2, 0) is 32.9 Å². The van der Waals surface area contributed by atoms with Crippen molar-refractivity contribution in [1.82, 2.24) is 4.57 Å². The fourth-order valence-electron chi connectivity index (χ4n) is 2.48. The van der Waals surface area contributed by atoms with Crippen molar-refractivity contribution in [3.63, 3.8) is 0 Å². The molecule has 0 radical (unpaired) electrons. The Morgan fingerprint density at radius 1 is 1.00 bits per heavy atom. The van der Waals surface area contributed by atoms with E-state index in [1.807, 2.05) is 0 Å². The Balaban J connectivity index is 3.37. The summed E-state index contributed by atoms with van der Waals surface area (Å²) in [5.41, 5.74) is 3.03. The molecule has 1 aromatic heterocycles. The Labute approximate surface area is 87.6 Å². The highest BCUT2D eigenvalue weighted by Gasteiger charge is 2.23. The van der Waals surface area contributed by atoms with Crippen LogP contribution in [0, 0.1) is 0 Å². The van der Waals surface area contributed by atoms with E-state index in [0.717, 1.165) is 25.8 Å². The highest BCUT2D eigenvalue weighted by atomic mass is 15.2. The smallest absolute Gasteiger partial charge is 0.234 e. The molecule has 0 saturated heterocycles. The van der Waals surface area contributed by atoms with Crippen molar-refractivity contribution >= 4 is 0 Å². The van der Waals surface area contributed by atoms with Gasteiger partial charge in [0.15, 0.2) is 0 Å². The Bertz CT molecular complexity index is 281. The van der Waals surface area contributed by atoms with Crippen molar-refractivity contribution in [2.45, 2.75) is 53.5 Å². The minimum atomic E-state index is 1.10. The summed E-state index contributed by atoms with van der Waals surface area (Å²) in [5.74, 6) is 1.46. The van der Waals surface area contributed by atoms with E-state index in [9.17, 15) is 0 Å². The standard InChI is InChI=1S/C12H23N2/c1-6-10-11(7-2)14(9-4)12(8-3)13(10)5/h6-9H2,1-5H3/q+1. The summed E-state index contributed by atoms with van der Waals surface area (Å²) in [7, 11) is 2.20. The molecule has 80 valence electrons. The molecule has 0 amide bonds. The first-order chi connectivity index (χ1) is 6.71. The molecule has 0 aliphatic carbocycles. The van der Waals surface area contributed by atoms with Crippen LogP contribution in [0.3, 0.4) is 0 Å². The molecular weight excluding hydrogens is 172 g/mol. The highest BCUT2D eigenvalue weighted by molar-refractivity contribution is 5.11. The molecule has 0 fully saturated rings. The number of aromatic nitrogens is 2. The van der Waals surface area contributed by atoms with Crippen LogP contribution in [0.15, 0.2) is 0 Å². The second kappa shape index (κ2) is 4.63. The van der Waals surface area contributed by atoms with E-state index >= 15 is 0 Å². The summed E-state index contributed by atoms with van der Waals surface area (Å²) >= 11 is 0. The monoisotopic (exact) mass is 195 g/mol. The predicted octanol–water partition coefficient (Wildman–Crippen LogP) is 2.02. The highest BCUT2D eigenvalue weighted by Crippen LogP contribution is 2.12. The van der Waals surface area contributed by atoms with Crippen molar-refractivity contribution in [2.75, 3.05) is 0 Å². The van der Waals surface area contributed by atoms with Crippen molar-refractivity contribution in [3.8, 4) is 0 Å². The summed E-state index contributed by atoms with van der Waals surface area (Å²) in [6, 6.07) is 0. The zero-order valence-electron chi connectivity index (χ0n) is 10.2. The first-order valence-corrected chi connectivity index (χ1v) is 5.80. The SMILES string of the molecule is CCc1c(CC)[n+](C)c(CC)n1CC. The molecule has 0 atom stereocenters. The maximum Gasteiger partial charge on any atom is 0.256 e. The van der Waals surface area contributed by atoms with Crippen molar-refractivity contribution in [1.29, 1.82) is 0 Å². The lowest BCUT2D eigenvalue weighted by Crippen LogP contribution is -2.36. The Hall–Kier alpha value is -0.790. The van der Waals surface area contributed by atoms with Crippen molar-refractivity contribution in [2.24, 2.45) is 7.05 Å². The Morgan fingerprint density at radius 2 is 1.64 bits per heavy atom. The zero-order valence-corrected chi connectivity index (χ0v) is 10.2. The molecule has 0 aromatic carbocycles. The van der Waals surface area contributed by atoms with E-state index in [4.69, 9.17) is 0 Å². The normalized spacial score (nSPS) is 10.9. The molecule has 1 heterocycles. The molecular formula is C12H23N2+. The summed E-state index contributed by atoms with van der Waals surface area (Å²) < 4.78 is 4.85. The molecule has 1 rings (SSSR count). The van der Waals surface area contributed by atoms with Crippen LogP contribution in [0.4, 0.5) is 0 Å². The number of nitrogens with zero attached hydrogens (tertiary/aromatic N) is 2. The van der Waals surface area contributed by atoms with Gasteiger partial charge < -0.3 is 0 Å². The molecule has 14 heavy (non-hydrogen) atoms. The van der Waals surface area contributed by atoms with E-state index in [-0.39, 0.29) is 0 Å². The second-order valence-corrected chi connectivity index (χ2v) is 3.67. The molecule has 0 N–H and O–H groups in total. The fourth-order valence-corrected chi connectivity index (χ4v) is 2.48. The summed E-state index contributed by atoms with van der Waals surface area (Å²) in [6.07, 6.45) is 3.40. The topological polar surface area (TPSA) is 8.81 Å². The summed E-state index contributed by atoms with van der Waals surface area (Å²) in [6.45, 7) is 10.1. The van der Waals surface area contributed by atoms with Crippen LogP contribution in [0.2, 0.25) is 0 Å². The summed E-state index contributed by atoms with van der Waals surface area (Å²) in [4.78, 5) is 0. The van der Waals surface area contributed by atoms with Gasteiger partial charge in [-0.1, -0.05) is 20.8 Å². The van der Waals surface area contributed by atoms with Crippen LogP contribution in [0.5, 0.6) is 0 Å². The largest absolute Gasteiger partial charge is 0.256 e. The molecule has 2 nitrogen and oxygen atoms in total. The van der Waals surface area contributed by atoms with Gasteiger partial charge in [0.1, 0.15) is 11.4 Å². The molecule has 0 aliphatic rings. The fraction of sp³-hybridized carbons (Fsp3) is 0.750. The van der Waals surface area contributed by atoms with Gasteiger partial charge >= 0.3 is 0 Å². The third kappa shape index (κ3) is 1.58. The number of rotatable bonds is 4. The third-order valence-electron chi connectivity index (χ3n) is 3.06. The molecule has 0 unspecified atom stereocenters. The first kappa shape index (κ1) is 11.3. The molecule has 0 bridgehead atoms. The number of imidazole rings is 1. The van der Waals surface area contributed by atoms with Gasteiger partial charge in [-0.25, -0.2) is 9.13 Å². The minimum Gasteiger partial charge on any atom is -0.234 e. The van der Waals surface area contributed by atoms with Gasteiger partial charge in [0.2, 0.25) is 0 Å². The Morgan fingerprint density at radius 3 is 2.00 bits per heavy atom. The van der Waals surface area contributed by atoms with E-state index in [0.29, 0.717) is 0 Å². The molecule has 0 saturated carbocycles. The van der Waals surface area contributed by atoms with Gasteiger partial charge in [0, 0.05) is 19.3 Å². The average Bonchev–Trinajstić information content (AvgIpc) is 2.48. The van der Waals surface area contributed by atoms with Gasteiger partial charge in [-0.3, -0.25) is 0 Å². The molecule has 0 spiro atoms. The quantitative estimate of drug-likeness (QED) is 0.650. The first-order valence-electron chi connectivity index (χ1n) is 5.80. The zero-order chi connectivity index (χ0) is 10.7. The third-order valence-corrected chi connectivity index (χ3v) is 3.06. The van der Waals surface area contributed by atoms with Gasteiger partial charge in [-0.15, -0.1) is 0 Å². The van der Waals surface area contributed by atoms with E-state index in [1.54, 1.807) is 0 Å². The van der Waals surface area contributed by atoms with Gasteiger partial charge in [-0.05, 0) is 6.92 Å². The molecule has 1 aromatic rings. The van der Waals surface area contributed by atoms with Crippen LogP contribution in [0.25, 0.3) is 0 Å². The van der Waals surface area contributed by atoms with Crippen molar-refractivity contribution in [3.05, 3.63) is 17.2 Å². The lowest BCUT2D eigenvalue weighted by Gasteiger charge is -1.98. The van der Waals surface area contributed by atoms with Gasteiger partial charge in [-0.2, -0.15) is 0 Å². The average molecular weight is 195 g/mol. The van der Waals surface area contributed by atoms with Crippen LogP contribution in [0.1, 0.15) is 44.9 Å². The lowest BCUT2D eigenvalue weighted by atomic mass is 10.2. The molecule has 0 aliphatic heterocycles. The second-order valence-electron chi connectivity index (χ2n) is 3.67. The van der Waals surface area contributed by atoms with E-state index in [2.05, 4.69) is 43.9 Å². The van der Waals surface area contributed by atoms with Crippen LogP contribution < -0.4 is 4.57 Å². The summed E-state index contributed by atoms with van der Waals surface area (Å²) in [5, 5.41) is 0. The maximum absolute atomic E-state index is 2.47. The number of hydrogen-bond acceptors (Lipinski definition) is 0. The maximum atomic E-state index is 2.47. The van der Waals surface area contributed by atoms with Crippen LogP contribution in [-0.4, -0.2) is 4.57 Å². The lowest BCUT2D eigenvalue weighted by molar-refractivity contribution is -0.686. The predicted molar refractivity (Wildman–Crippen MR) is 59.4 cm³/mol. The van der Waals surface area contributed by atoms with E-state index in [1.165, 1.54) is 17.2 Å².